The van der Waals surface area contributed by atoms with E-state index >= 15 is 0 Å². The fraction of sp³-hybridized carbons (Fsp3) is 0.333. The number of thiophene rings is 1. The van der Waals surface area contributed by atoms with Crippen molar-refractivity contribution in [1.29, 1.82) is 0 Å². The van der Waals surface area contributed by atoms with E-state index in [1.54, 1.807) is 35.5 Å². The standard InChI is InChI=1S/C18H21FN2O2S/c1-13(14-5-7-16(19)8-6-14)21(2)17(22)4-3-10-20-18(23)15-9-11-24-12-15/h5-9,11-13H,3-4,10H2,1-2H3,(H,20,23). The Labute approximate surface area is 145 Å². The summed E-state index contributed by atoms with van der Waals surface area (Å²) in [6.07, 6.45) is 0.932. The zero-order valence-corrected chi connectivity index (χ0v) is 14.6. The Morgan fingerprint density at radius 2 is 1.96 bits per heavy atom. The van der Waals surface area contributed by atoms with E-state index in [2.05, 4.69) is 5.32 Å². The molecule has 0 radical (unpaired) electrons. The Bertz CT molecular complexity index is 671. The van der Waals surface area contributed by atoms with E-state index < -0.39 is 0 Å². The van der Waals surface area contributed by atoms with Crippen molar-refractivity contribution in [2.75, 3.05) is 13.6 Å². The maximum Gasteiger partial charge on any atom is 0.252 e. The monoisotopic (exact) mass is 348 g/mol. The van der Waals surface area contributed by atoms with Gasteiger partial charge in [0.2, 0.25) is 5.91 Å². The molecular weight excluding hydrogens is 327 g/mol. The molecule has 2 rings (SSSR count). The lowest BCUT2D eigenvalue weighted by atomic mass is 10.1. The zero-order chi connectivity index (χ0) is 17.5. The van der Waals surface area contributed by atoms with Gasteiger partial charge in [-0.3, -0.25) is 9.59 Å². The van der Waals surface area contributed by atoms with Crippen molar-refractivity contribution in [3.63, 3.8) is 0 Å². The van der Waals surface area contributed by atoms with E-state index in [4.69, 9.17) is 0 Å². The minimum Gasteiger partial charge on any atom is -0.352 e. The Hall–Kier alpha value is -2.21. The van der Waals surface area contributed by atoms with Crippen molar-refractivity contribution in [2.45, 2.75) is 25.8 Å². The van der Waals surface area contributed by atoms with Crippen LogP contribution in [0.1, 0.15) is 41.7 Å². The highest BCUT2D eigenvalue weighted by molar-refractivity contribution is 7.08. The third-order valence-corrected chi connectivity index (χ3v) is 4.65. The molecular formula is C18H21FN2O2S. The fourth-order valence-electron chi connectivity index (χ4n) is 2.29. The lowest BCUT2D eigenvalue weighted by Gasteiger charge is -2.25. The maximum absolute atomic E-state index is 13.0. The van der Waals surface area contributed by atoms with Crippen LogP contribution in [0.2, 0.25) is 0 Å². The molecule has 0 fully saturated rings. The number of halogens is 1. The molecule has 1 aromatic heterocycles. The molecule has 0 aliphatic carbocycles. The number of amides is 2. The molecule has 0 bridgehead atoms. The Kier molecular flexibility index (Phi) is 6.49. The highest BCUT2D eigenvalue weighted by Gasteiger charge is 2.17. The summed E-state index contributed by atoms with van der Waals surface area (Å²) in [6, 6.07) is 7.80. The van der Waals surface area contributed by atoms with Gasteiger partial charge >= 0.3 is 0 Å². The number of nitrogens with one attached hydrogen (secondary N) is 1. The van der Waals surface area contributed by atoms with Crippen LogP contribution in [0.15, 0.2) is 41.1 Å². The SMILES string of the molecule is CC(c1ccc(F)cc1)N(C)C(=O)CCCNC(=O)c1ccsc1. The molecule has 4 nitrogen and oxygen atoms in total. The van der Waals surface area contributed by atoms with Crippen LogP contribution < -0.4 is 5.32 Å². The largest absolute Gasteiger partial charge is 0.352 e. The summed E-state index contributed by atoms with van der Waals surface area (Å²) >= 11 is 1.47. The number of hydrogen-bond donors (Lipinski definition) is 1. The molecule has 0 spiro atoms. The molecule has 1 N–H and O–H groups in total. The van der Waals surface area contributed by atoms with Gasteiger partial charge in [0, 0.05) is 31.0 Å². The summed E-state index contributed by atoms with van der Waals surface area (Å²) in [6.45, 7) is 2.36. The number of hydrogen-bond acceptors (Lipinski definition) is 3. The predicted molar refractivity (Wildman–Crippen MR) is 93.5 cm³/mol. The van der Waals surface area contributed by atoms with Gasteiger partial charge in [-0.05, 0) is 42.5 Å². The van der Waals surface area contributed by atoms with Crippen LogP contribution in [-0.2, 0) is 4.79 Å². The van der Waals surface area contributed by atoms with Crippen LogP contribution in [-0.4, -0.2) is 30.3 Å². The summed E-state index contributed by atoms with van der Waals surface area (Å²) in [5.41, 5.74) is 1.53. The van der Waals surface area contributed by atoms with Gasteiger partial charge in [-0.15, -0.1) is 0 Å². The first-order valence-corrected chi connectivity index (χ1v) is 8.75. The molecule has 1 atom stereocenters. The van der Waals surface area contributed by atoms with Crippen molar-refractivity contribution >= 4 is 23.2 Å². The van der Waals surface area contributed by atoms with Gasteiger partial charge in [-0.25, -0.2) is 4.39 Å². The van der Waals surface area contributed by atoms with Crippen molar-refractivity contribution in [1.82, 2.24) is 10.2 Å². The Balaban J connectivity index is 1.75. The highest BCUT2D eigenvalue weighted by atomic mass is 32.1. The van der Waals surface area contributed by atoms with Crippen LogP contribution in [0, 0.1) is 5.82 Å². The number of nitrogens with zero attached hydrogens (tertiary/aromatic N) is 1. The number of carbonyl (C=O) groups excluding carboxylic acids is 2. The summed E-state index contributed by atoms with van der Waals surface area (Å²) in [5, 5.41) is 6.44. The average molecular weight is 348 g/mol. The van der Waals surface area contributed by atoms with Crippen LogP contribution in [0.5, 0.6) is 0 Å². The molecule has 0 saturated heterocycles. The summed E-state index contributed by atoms with van der Waals surface area (Å²) < 4.78 is 13.0. The average Bonchev–Trinajstić information content (AvgIpc) is 3.12. The molecule has 1 heterocycles. The molecule has 0 aliphatic heterocycles. The molecule has 0 aliphatic rings. The van der Waals surface area contributed by atoms with Crippen molar-refractivity contribution in [3.8, 4) is 0 Å². The van der Waals surface area contributed by atoms with Gasteiger partial charge in [-0.2, -0.15) is 11.3 Å². The minimum absolute atomic E-state index is 0.00314. The second-order valence-electron chi connectivity index (χ2n) is 5.60. The minimum atomic E-state index is -0.290. The molecule has 6 heteroatoms. The van der Waals surface area contributed by atoms with E-state index in [9.17, 15) is 14.0 Å². The second-order valence-corrected chi connectivity index (χ2v) is 6.38. The van der Waals surface area contributed by atoms with Crippen molar-refractivity contribution < 1.29 is 14.0 Å². The zero-order valence-electron chi connectivity index (χ0n) is 13.8. The maximum atomic E-state index is 13.0. The molecule has 2 aromatic rings. The molecule has 128 valence electrons. The van der Waals surface area contributed by atoms with Crippen LogP contribution in [0.4, 0.5) is 4.39 Å². The number of carbonyl (C=O) groups is 2. The summed E-state index contributed by atoms with van der Waals surface area (Å²) in [7, 11) is 1.74. The topological polar surface area (TPSA) is 49.4 Å². The van der Waals surface area contributed by atoms with E-state index in [1.165, 1.54) is 23.5 Å². The van der Waals surface area contributed by atoms with Crippen molar-refractivity contribution in [3.05, 3.63) is 58.0 Å². The van der Waals surface area contributed by atoms with E-state index in [-0.39, 0.29) is 23.7 Å². The van der Waals surface area contributed by atoms with Gasteiger partial charge in [0.25, 0.3) is 5.91 Å². The first-order chi connectivity index (χ1) is 11.5. The lowest BCUT2D eigenvalue weighted by molar-refractivity contribution is -0.131. The molecule has 1 unspecified atom stereocenters. The van der Waals surface area contributed by atoms with Gasteiger partial charge in [-0.1, -0.05) is 12.1 Å². The molecule has 1 aromatic carbocycles. The quantitative estimate of drug-likeness (QED) is 0.777. The Morgan fingerprint density at radius 1 is 1.25 bits per heavy atom. The molecule has 0 saturated carbocycles. The Morgan fingerprint density at radius 3 is 2.58 bits per heavy atom. The van der Waals surface area contributed by atoms with Crippen LogP contribution in [0.3, 0.4) is 0 Å². The van der Waals surface area contributed by atoms with Gasteiger partial charge < -0.3 is 10.2 Å². The van der Waals surface area contributed by atoms with Gasteiger partial charge in [0.15, 0.2) is 0 Å². The molecule has 24 heavy (non-hydrogen) atoms. The third-order valence-electron chi connectivity index (χ3n) is 3.96. The number of rotatable bonds is 7. The smallest absolute Gasteiger partial charge is 0.252 e. The second kappa shape index (κ2) is 8.59. The van der Waals surface area contributed by atoms with Gasteiger partial charge in [0.1, 0.15) is 5.82 Å². The fourth-order valence-corrected chi connectivity index (χ4v) is 2.93. The van der Waals surface area contributed by atoms with Crippen molar-refractivity contribution in [2.24, 2.45) is 0 Å². The van der Waals surface area contributed by atoms with E-state index in [0.717, 1.165) is 5.56 Å². The number of benzene rings is 1. The normalized spacial score (nSPS) is 11.8. The predicted octanol–water partition coefficient (Wildman–Crippen LogP) is 3.62. The highest BCUT2D eigenvalue weighted by Crippen LogP contribution is 2.19. The third kappa shape index (κ3) is 4.89. The summed E-state index contributed by atoms with van der Waals surface area (Å²) in [5.74, 6) is -0.408. The first-order valence-electron chi connectivity index (χ1n) is 7.80. The van der Waals surface area contributed by atoms with E-state index in [0.29, 0.717) is 24.9 Å². The van der Waals surface area contributed by atoms with Crippen LogP contribution >= 0.6 is 11.3 Å². The summed E-state index contributed by atoms with van der Waals surface area (Å²) in [4.78, 5) is 25.7. The first kappa shape index (κ1) is 18.1. The van der Waals surface area contributed by atoms with Crippen LogP contribution in [0.25, 0.3) is 0 Å². The lowest BCUT2D eigenvalue weighted by Crippen LogP contribution is -2.31. The molecule has 2 amide bonds. The van der Waals surface area contributed by atoms with E-state index in [1.807, 2.05) is 12.3 Å². The van der Waals surface area contributed by atoms with Gasteiger partial charge in [0.05, 0.1) is 6.04 Å².